The van der Waals surface area contributed by atoms with Crippen molar-refractivity contribution in [3.05, 3.63) is 48.0 Å². The molecule has 0 aromatic heterocycles. The number of nitrogens with zero attached hydrogens (tertiary/aromatic N) is 2. The lowest BCUT2D eigenvalue weighted by molar-refractivity contribution is -0.144. The topological polar surface area (TPSA) is 102 Å². The third-order valence-corrected chi connectivity index (χ3v) is 6.89. The summed E-state index contributed by atoms with van der Waals surface area (Å²) in [5.74, 6) is 0.875. The van der Waals surface area contributed by atoms with E-state index in [9.17, 15) is 19.5 Å². The summed E-state index contributed by atoms with van der Waals surface area (Å²) in [5.41, 5.74) is 0.799. The van der Waals surface area contributed by atoms with Gasteiger partial charge in [-0.25, -0.2) is 4.31 Å². The Bertz CT molecular complexity index is 1060. The van der Waals surface area contributed by atoms with Crippen LogP contribution >= 0.6 is 11.9 Å². The number of nitrogens with one attached hydrogen (secondary N) is 2. The zero-order valence-electron chi connectivity index (χ0n) is 19.2. The molecule has 9 heteroatoms. The summed E-state index contributed by atoms with van der Waals surface area (Å²) in [7, 11) is 0. The minimum Gasteiger partial charge on any atom is -0.480 e. The van der Waals surface area contributed by atoms with Gasteiger partial charge in [0.1, 0.15) is 6.04 Å². The standard InChI is InChI=1S/C25H30N4O4S/c1-3-13-26-22(30)16-27-23(31)17-29(34-2)19-11-14-28(15-12-19)24(25(32)33)21-10-6-8-18-7-4-5-9-20(18)21/h1,4-10,19,24H,11-17H2,2H3,(H,26,30)(H,27,31)(H,32,33). The molecular formula is C25H30N4O4S. The van der Waals surface area contributed by atoms with Gasteiger partial charge in [-0.05, 0) is 35.4 Å². The van der Waals surface area contributed by atoms with Crippen LogP contribution in [0, 0.1) is 12.3 Å². The minimum absolute atomic E-state index is 0.119. The minimum atomic E-state index is -0.862. The number of likely N-dealkylation sites (tertiary alicyclic amines) is 1. The Morgan fingerprint density at radius 3 is 2.53 bits per heavy atom. The van der Waals surface area contributed by atoms with Crippen LogP contribution in [0.4, 0.5) is 0 Å². The molecule has 1 heterocycles. The first kappa shape index (κ1) is 25.6. The molecule has 3 rings (SSSR count). The van der Waals surface area contributed by atoms with E-state index in [2.05, 4.69) is 16.6 Å². The van der Waals surface area contributed by atoms with Gasteiger partial charge in [0.05, 0.1) is 19.6 Å². The second-order valence-corrected chi connectivity index (χ2v) is 8.93. The van der Waals surface area contributed by atoms with Crippen LogP contribution in [0.15, 0.2) is 42.5 Å². The Labute approximate surface area is 204 Å². The number of carboxylic acid groups (broad SMARTS) is 1. The van der Waals surface area contributed by atoms with E-state index in [4.69, 9.17) is 6.42 Å². The molecule has 0 saturated carbocycles. The van der Waals surface area contributed by atoms with E-state index in [-0.39, 0.29) is 37.5 Å². The van der Waals surface area contributed by atoms with Gasteiger partial charge < -0.3 is 15.7 Å². The molecule has 0 radical (unpaired) electrons. The zero-order chi connectivity index (χ0) is 24.5. The Kier molecular flexibility index (Phi) is 9.33. The lowest BCUT2D eigenvalue weighted by Gasteiger charge is -2.39. The van der Waals surface area contributed by atoms with E-state index in [0.717, 1.165) is 29.2 Å². The summed E-state index contributed by atoms with van der Waals surface area (Å²) in [6.45, 7) is 1.38. The fraction of sp³-hybridized carbons (Fsp3) is 0.400. The van der Waals surface area contributed by atoms with Crippen LogP contribution < -0.4 is 10.6 Å². The van der Waals surface area contributed by atoms with Crippen molar-refractivity contribution in [2.75, 3.05) is 39.0 Å². The number of piperidine rings is 1. The summed E-state index contributed by atoms with van der Waals surface area (Å²) in [4.78, 5) is 38.3. The molecule has 1 aliphatic heterocycles. The Hall–Kier alpha value is -3.06. The molecule has 2 amide bonds. The number of benzene rings is 2. The van der Waals surface area contributed by atoms with Gasteiger partial charge in [-0.2, -0.15) is 0 Å². The highest BCUT2D eigenvalue weighted by Gasteiger charge is 2.34. The Morgan fingerprint density at radius 2 is 1.85 bits per heavy atom. The molecule has 0 aliphatic carbocycles. The normalized spacial score (nSPS) is 15.6. The maximum atomic E-state index is 12.3. The number of carbonyl (C=O) groups excluding carboxylic acids is 2. The SMILES string of the molecule is C#CCNC(=O)CNC(=O)CN(SC)C1CCN(C(C(=O)O)c2cccc3ccccc23)CC1. The Balaban J connectivity index is 1.60. The van der Waals surface area contributed by atoms with Gasteiger partial charge in [0.15, 0.2) is 0 Å². The predicted molar refractivity (Wildman–Crippen MR) is 134 cm³/mol. The van der Waals surface area contributed by atoms with Crippen molar-refractivity contribution < 1.29 is 19.5 Å². The van der Waals surface area contributed by atoms with Gasteiger partial charge in [0, 0.05) is 19.1 Å². The average Bonchev–Trinajstić information content (AvgIpc) is 2.85. The Morgan fingerprint density at radius 1 is 1.15 bits per heavy atom. The molecule has 180 valence electrons. The molecule has 1 aliphatic rings. The van der Waals surface area contributed by atoms with E-state index in [1.807, 2.05) is 57.9 Å². The molecular weight excluding hydrogens is 452 g/mol. The van der Waals surface area contributed by atoms with Crippen molar-refractivity contribution in [2.24, 2.45) is 0 Å². The number of fused-ring (bicyclic) bond motifs is 1. The summed E-state index contributed by atoms with van der Waals surface area (Å²) in [6, 6.07) is 13.0. The molecule has 1 fully saturated rings. The first-order valence-corrected chi connectivity index (χ1v) is 12.3. The number of amides is 2. The summed E-state index contributed by atoms with van der Waals surface area (Å²) < 4.78 is 2.00. The summed E-state index contributed by atoms with van der Waals surface area (Å²) in [5, 5.41) is 17.2. The molecule has 1 unspecified atom stereocenters. The monoisotopic (exact) mass is 482 g/mol. The molecule has 1 saturated heterocycles. The average molecular weight is 483 g/mol. The molecule has 34 heavy (non-hydrogen) atoms. The van der Waals surface area contributed by atoms with Crippen LogP contribution in [0.1, 0.15) is 24.4 Å². The first-order valence-electron chi connectivity index (χ1n) is 11.2. The third-order valence-electron chi connectivity index (χ3n) is 5.99. The van der Waals surface area contributed by atoms with Crippen molar-refractivity contribution in [3.63, 3.8) is 0 Å². The number of terminal acetylenes is 1. The van der Waals surface area contributed by atoms with Crippen LogP contribution in [-0.4, -0.2) is 77.1 Å². The highest BCUT2D eigenvalue weighted by Crippen LogP contribution is 2.32. The number of rotatable bonds is 10. The molecule has 1 atom stereocenters. The lowest BCUT2D eigenvalue weighted by atomic mass is 9.95. The second kappa shape index (κ2) is 12.4. The molecule has 0 bridgehead atoms. The fourth-order valence-corrected chi connectivity index (χ4v) is 5.09. The van der Waals surface area contributed by atoms with E-state index in [1.54, 1.807) is 0 Å². The zero-order valence-corrected chi connectivity index (χ0v) is 20.0. The number of hydrogen-bond acceptors (Lipinski definition) is 6. The highest BCUT2D eigenvalue weighted by molar-refractivity contribution is 7.96. The fourth-order valence-electron chi connectivity index (χ4n) is 4.34. The van der Waals surface area contributed by atoms with E-state index < -0.39 is 12.0 Å². The van der Waals surface area contributed by atoms with Gasteiger partial charge in [0.2, 0.25) is 11.8 Å². The van der Waals surface area contributed by atoms with Crippen molar-refractivity contribution >= 4 is 40.5 Å². The van der Waals surface area contributed by atoms with E-state index >= 15 is 0 Å². The molecule has 8 nitrogen and oxygen atoms in total. The molecule has 2 aromatic rings. The van der Waals surface area contributed by atoms with Crippen molar-refractivity contribution in [3.8, 4) is 12.3 Å². The largest absolute Gasteiger partial charge is 0.480 e. The van der Waals surface area contributed by atoms with Crippen molar-refractivity contribution in [2.45, 2.75) is 24.9 Å². The summed E-state index contributed by atoms with van der Waals surface area (Å²) >= 11 is 1.48. The highest BCUT2D eigenvalue weighted by atomic mass is 32.2. The van der Waals surface area contributed by atoms with Gasteiger partial charge in [0.25, 0.3) is 0 Å². The number of carbonyl (C=O) groups is 3. The van der Waals surface area contributed by atoms with Gasteiger partial charge in [-0.3, -0.25) is 19.3 Å². The van der Waals surface area contributed by atoms with E-state index in [0.29, 0.717) is 13.1 Å². The quantitative estimate of drug-likeness (QED) is 0.351. The van der Waals surface area contributed by atoms with Gasteiger partial charge >= 0.3 is 5.97 Å². The van der Waals surface area contributed by atoms with Crippen LogP contribution in [0.3, 0.4) is 0 Å². The van der Waals surface area contributed by atoms with Crippen LogP contribution in [0.25, 0.3) is 10.8 Å². The second-order valence-electron chi connectivity index (χ2n) is 8.09. The number of hydrogen-bond donors (Lipinski definition) is 3. The smallest absolute Gasteiger partial charge is 0.325 e. The molecule has 0 spiro atoms. The van der Waals surface area contributed by atoms with Crippen LogP contribution in [0.5, 0.6) is 0 Å². The molecule has 2 aromatic carbocycles. The lowest BCUT2D eigenvalue weighted by Crippen LogP contribution is -2.48. The van der Waals surface area contributed by atoms with Crippen molar-refractivity contribution in [1.29, 1.82) is 0 Å². The van der Waals surface area contributed by atoms with E-state index in [1.165, 1.54) is 11.9 Å². The van der Waals surface area contributed by atoms with Crippen LogP contribution in [0.2, 0.25) is 0 Å². The van der Waals surface area contributed by atoms with Gasteiger partial charge in [-0.15, -0.1) is 6.42 Å². The third kappa shape index (κ3) is 6.50. The summed E-state index contributed by atoms with van der Waals surface area (Å²) in [6.07, 6.45) is 8.50. The number of carboxylic acids is 1. The van der Waals surface area contributed by atoms with Crippen LogP contribution in [-0.2, 0) is 14.4 Å². The maximum Gasteiger partial charge on any atom is 0.325 e. The maximum absolute atomic E-state index is 12.3. The van der Waals surface area contributed by atoms with Crippen molar-refractivity contribution in [1.82, 2.24) is 19.8 Å². The first-order chi connectivity index (χ1) is 16.4. The number of aliphatic carboxylic acids is 1. The predicted octanol–water partition coefficient (Wildman–Crippen LogP) is 1.88. The van der Waals surface area contributed by atoms with Gasteiger partial charge in [-0.1, -0.05) is 60.3 Å². The molecule has 3 N–H and O–H groups in total.